The van der Waals surface area contributed by atoms with Gasteiger partial charge in [-0.15, -0.1) is 0 Å². The second kappa shape index (κ2) is 4.15. The first-order chi connectivity index (χ1) is 7.59. The van der Waals surface area contributed by atoms with Crippen LogP contribution in [0.1, 0.15) is 37.2 Å². The van der Waals surface area contributed by atoms with Gasteiger partial charge < -0.3 is 10.0 Å². The van der Waals surface area contributed by atoms with Gasteiger partial charge in [0.2, 0.25) is 11.8 Å². The molecule has 0 bridgehead atoms. The first kappa shape index (κ1) is 11.0. The summed E-state index contributed by atoms with van der Waals surface area (Å²) in [4.78, 5) is 20.2. The van der Waals surface area contributed by atoms with E-state index in [-0.39, 0.29) is 17.4 Å². The SMILES string of the molecule is CN(C)c1nc(O)c(C2CCCC2)c(=O)[nH]1. The molecule has 1 saturated carbocycles. The molecule has 0 atom stereocenters. The standard InChI is InChI=1S/C11H17N3O2/c1-14(2)11-12-9(15)8(10(16)13-11)7-5-3-4-6-7/h7H,3-6H2,1-2H3,(H2,12,13,15,16). The molecule has 5 heteroatoms. The van der Waals surface area contributed by atoms with E-state index < -0.39 is 0 Å². The van der Waals surface area contributed by atoms with Crippen LogP contribution in [0.15, 0.2) is 4.79 Å². The van der Waals surface area contributed by atoms with Crippen LogP contribution in [0.2, 0.25) is 0 Å². The molecule has 88 valence electrons. The van der Waals surface area contributed by atoms with E-state index in [9.17, 15) is 9.90 Å². The average molecular weight is 223 g/mol. The van der Waals surface area contributed by atoms with Crippen LogP contribution >= 0.6 is 0 Å². The molecule has 1 aromatic rings. The Balaban J connectivity index is 2.43. The number of nitrogens with zero attached hydrogens (tertiary/aromatic N) is 2. The molecular formula is C11H17N3O2. The fraction of sp³-hybridized carbons (Fsp3) is 0.636. The highest BCUT2D eigenvalue weighted by Gasteiger charge is 2.24. The minimum absolute atomic E-state index is 0.112. The van der Waals surface area contributed by atoms with E-state index in [1.165, 1.54) is 0 Å². The van der Waals surface area contributed by atoms with Gasteiger partial charge in [0.1, 0.15) is 0 Å². The van der Waals surface area contributed by atoms with Crippen molar-refractivity contribution in [2.45, 2.75) is 31.6 Å². The van der Waals surface area contributed by atoms with Crippen LogP contribution in [0.5, 0.6) is 5.88 Å². The molecule has 0 amide bonds. The van der Waals surface area contributed by atoms with E-state index in [0.29, 0.717) is 11.5 Å². The minimum atomic E-state index is -0.205. The zero-order valence-electron chi connectivity index (χ0n) is 9.66. The number of nitrogens with one attached hydrogen (secondary N) is 1. The molecule has 0 radical (unpaired) electrons. The average Bonchev–Trinajstić information content (AvgIpc) is 2.69. The van der Waals surface area contributed by atoms with Gasteiger partial charge in [0.25, 0.3) is 5.56 Å². The summed E-state index contributed by atoms with van der Waals surface area (Å²) in [5.74, 6) is 0.455. The predicted octanol–water partition coefficient (Wildman–Crippen LogP) is 1.20. The highest BCUT2D eigenvalue weighted by Crippen LogP contribution is 2.35. The third kappa shape index (κ3) is 1.89. The largest absolute Gasteiger partial charge is 0.493 e. The Kier molecular flexibility index (Phi) is 2.85. The first-order valence-electron chi connectivity index (χ1n) is 5.60. The van der Waals surface area contributed by atoms with Gasteiger partial charge in [0.15, 0.2) is 0 Å². The van der Waals surface area contributed by atoms with Crippen LogP contribution in [0, 0.1) is 0 Å². The maximum absolute atomic E-state index is 11.9. The van der Waals surface area contributed by atoms with E-state index >= 15 is 0 Å². The number of hydrogen-bond donors (Lipinski definition) is 2. The molecule has 0 aliphatic heterocycles. The molecule has 1 aromatic heterocycles. The van der Waals surface area contributed by atoms with Gasteiger partial charge in [-0.1, -0.05) is 12.8 Å². The van der Waals surface area contributed by atoms with Crippen molar-refractivity contribution in [3.63, 3.8) is 0 Å². The van der Waals surface area contributed by atoms with Gasteiger partial charge in [-0.05, 0) is 18.8 Å². The number of aromatic nitrogens is 2. The molecule has 1 aliphatic rings. The summed E-state index contributed by atoms with van der Waals surface area (Å²) >= 11 is 0. The van der Waals surface area contributed by atoms with E-state index in [0.717, 1.165) is 25.7 Å². The molecule has 0 saturated heterocycles. The van der Waals surface area contributed by atoms with Crippen LogP contribution in [-0.4, -0.2) is 29.2 Å². The van der Waals surface area contributed by atoms with Crippen LogP contribution in [-0.2, 0) is 0 Å². The van der Waals surface area contributed by atoms with Crippen LogP contribution in [0.4, 0.5) is 5.95 Å². The van der Waals surface area contributed by atoms with Gasteiger partial charge in [-0.25, -0.2) is 0 Å². The van der Waals surface area contributed by atoms with Crippen LogP contribution in [0.25, 0.3) is 0 Å². The van der Waals surface area contributed by atoms with Gasteiger partial charge in [-0.2, -0.15) is 4.98 Å². The lowest BCUT2D eigenvalue weighted by atomic mass is 10.0. The summed E-state index contributed by atoms with van der Waals surface area (Å²) in [7, 11) is 3.54. The fourth-order valence-electron chi connectivity index (χ4n) is 2.25. The smallest absolute Gasteiger partial charge is 0.259 e. The summed E-state index contributed by atoms with van der Waals surface area (Å²) in [6.07, 6.45) is 4.19. The molecule has 1 fully saturated rings. The quantitative estimate of drug-likeness (QED) is 0.790. The second-order valence-electron chi connectivity index (χ2n) is 4.50. The second-order valence-corrected chi connectivity index (χ2v) is 4.50. The van der Waals surface area contributed by atoms with Crippen LogP contribution < -0.4 is 10.5 Å². The molecule has 0 aromatic carbocycles. The number of aromatic amines is 1. The zero-order valence-corrected chi connectivity index (χ0v) is 9.66. The van der Waals surface area contributed by atoms with Gasteiger partial charge >= 0.3 is 0 Å². The minimum Gasteiger partial charge on any atom is -0.493 e. The lowest BCUT2D eigenvalue weighted by Gasteiger charge is -2.14. The first-order valence-corrected chi connectivity index (χ1v) is 5.60. The molecule has 2 N–H and O–H groups in total. The monoisotopic (exact) mass is 223 g/mol. The number of H-pyrrole nitrogens is 1. The lowest BCUT2D eigenvalue weighted by Crippen LogP contribution is -2.22. The van der Waals surface area contributed by atoms with E-state index in [1.807, 2.05) is 0 Å². The summed E-state index contributed by atoms with van der Waals surface area (Å²) in [5, 5.41) is 9.82. The predicted molar refractivity (Wildman–Crippen MR) is 62.1 cm³/mol. The Hall–Kier alpha value is -1.52. The summed E-state index contributed by atoms with van der Waals surface area (Å²) in [5.41, 5.74) is 0.256. The third-order valence-electron chi connectivity index (χ3n) is 3.11. The number of hydrogen-bond acceptors (Lipinski definition) is 4. The van der Waals surface area contributed by atoms with E-state index in [2.05, 4.69) is 9.97 Å². The van der Waals surface area contributed by atoms with E-state index in [1.54, 1.807) is 19.0 Å². The lowest BCUT2D eigenvalue weighted by molar-refractivity contribution is 0.435. The van der Waals surface area contributed by atoms with Gasteiger partial charge in [0.05, 0.1) is 5.56 Å². The van der Waals surface area contributed by atoms with Gasteiger partial charge in [-0.3, -0.25) is 9.78 Å². The Morgan fingerprint density at radius 3 is 2.50 bits per heavy atom. The number of rotatable bonds is 2. The highest BCUT2D eigenvalue weighted by molar-refractivity contribution is 5.36. The molecule has 1 aliphatic carbocycles. The van der Waals surface area contributed by atoms with Crippen molar-refractivity contribution in [3.05, 3.63) is 15.9 Å². The molecule has 5 nitrogen and oxygen atoms in total. The summed E-state index contributed by atoms with van der Waals surface area (Å²) in [6, 6.07) is 0. The maximum atomic E-state index is 11.9. The number of aromatic hydroxyl groups is 1. The van der Waals surface area contributed by atoms with Crippen molar-refractivity contribution >= 4 is 5.95 Å². The van der Waals surface area contributed by atoms with E-state index in [4.69, 9.17) is 0 Å². The van der Waals surface area contributed by atoms with Crippen molar-refractivity contribution in [2.24, 2.45) is 0 Å². The summed E-state index contributed by atoms with van der Waals surface area (Å²) < 4.78 is 0. The van der Waals surface area contributed by atoms with Crippen molar-refractivity contribution in [2.75, 3.05) is 19.0 Å². The Morgan fingerprint density at radius 2 is 2.00 bits per heavy atom. The van der Waals surface area contributed by atoms with Gasteiger partial charge in [0, 0.05) is 14.1 Å². The normalized spacial score (nSPS) is 16.6. The Morgan fingerprint density at radius 1 is 1.38 bits per heavy atom. The zero-order chi connectivity index (χ0) is 11.7. The molecule has 1 heterocycles. The van der Waals surface area contributed by atoms with Crippen molar-refractivity contribution in [1.29, 1.82) is 0 Å². The van der Waals surface area contributed by atoms with Crippen molar-refractivity contribution in [1.82, 2.24) is 9.97 Å². The maximum Gasteiger partial charge on any atom is 0.259 e. The number of anilines is 1. The summed E-state index contributed by atoms with van der Waals surface area (Å²) in [6.45, 7) is 0. The fourth-order valence-corrected chi connectivity index (χ4v) is 2.25. The van der Waals surface area contributed by atoms with Crippen molar-refractivity contribution in [3.8, 4) is 5.88 Å². The Labute approximate surface area is 94.1 Å². The molecule has 0 spiro atoms. The van der Waals surface area contributed by atoms with Crippen molar-refractivity contribution < 1.29 is 5.11 Å². The molecular weight excluding hydrogens is 206 g/mol. The third-order valence-corrected chi connectivity index (χ3v) is 3.11. The highest BCUT2D eigenvalue weighted by atomic mass is 16.3. The molecule has 16 heavy (non-hydrogen) atoms. The topological polar surface area (TPSA) is 69.2 Å². The molecule has 2 rings (SSSR count). The Bertz CT molecular complexity index is 433. The van der Waals surface area contributed by atoms with Crippen LogP contribution in [0.3, 0.4) is 0 Å². The molecule has 0 unspecified atom stereocenters.